The highest BCUT2D eigenvalue weighted by atomic mass is 127. The molecular formula is C31H25IN4O3. The summed E-state index contributed by atoms with van der Waals surface area (Å²) in [4.78, 5) is 28.0. The van der Waals surface area contributed by atoms with E-state index in [-0.39, 0.29) is 11.1 Å². The van der Waals surface area contributed by atoms with E-state index in [0.717, 1.165) is 9.13 Å². The van der Waals surface area contributed by atoms with E-state index in [1.54, 1.807) is 0 Å². The Morgan fingerprint density at radius 1 is 0.667 bits per heavy atom. The van der Waals surface area contributed by atoms with E-state index in [0.29, 0.717) is 45.4 Å². The number of benzene rings is 3. The molecule has 7 nitrogen and oxygen atoms in total. The average molecular weight is 628 g/mol. The lowest BCUT2D eigenvalue weighted by atomic mass is 9.89. The quantitative estimate of drug-likeness (QED) is 0.212. The Balaban J connectivity index is 1.59. The SMILES string of the molecule is Cc1[nH]n(-c2ccccc2)c(=O)c1C(c1ccc(-c2ccccc2I)o1)c1c(C)[nH]n(-c2ccccc2)c1=O. The zero-order valence-electron chi connectivity index (χ0n) is 21.3. The summed E-state index contributed by atoms with van der Waals surface area (Å²) in [6, 6.07) is 30.5. The fraction of sp³-hybridized carbons (Fsp3) is 0.0968. The van der Waals surface area contributed by atoms with Gasteiger partial charge in [0, 0.05) is 20.5 Å². The van der Waals surface area contributed by atoms with E-state index in [1.165, 1.54) is 9.36 Å². The van der Waals surface area contributed by atoms with E-state index in [1.807, 2.05) is 111 Å². The number of H-pyrrole nitrogens is 2. The molecule has 0 unspecified atom stereocenters. The van der Waals surface area contributed by atoms with Gasteiger partial charge in [-0.1, -0.05) is 54.6 Å². The number of aromatic amines is 2. The van der Waals surface area contributed by atoms with Gasteiger partial charge in [-0.3, -0.25) is 19.8 Å². The van der Waals surface area contributed by atoms with Crippen LogP contribution in [0.3, 0.4) is 0 Å². The van der Waals surface area contributed by atoms with Crippen molar-refractivity contribution >= 4 is 22.6 Å². The van der Waals surface area contributed by atoms with Gasteiger partial charge in [0.05, 0.1) is 28.4 Å². The first-order valence-electron chi connectivity index (χ1n) is 12.5. The lowest BCUT2D eigenvalue weighted by molar-refractivity contribution is 0.513. The molecule has 6 aromatic rings. The van der Waals surface area contributed by atoms with Crippen LogP contribution >= 0.6 is 22.6 Å². The number of hydrogen-bond donors (Lipinski definition) is 2. The second-order valence-corrected chi connectivity index (χ2v) is 10.5. The molecule has 0 spiro atoms. The van der Waals surface area contributed by atoms with Crippen molar-refractivity contribution in [2.45, 2.75) is 19.8 Å². The number of halogens is 1. The van der Waals surface area contributed by atoms with Gasteiger partial charge in [0.25, 0.3) is 11.1 Å². The first-order chi connectivity index (χ1) is 18.9. The van der Waals surface area contributed by atoms with Gasteiger partial charge in [-0.05, 0) is 78.9 Å². The van der Waals surface area contributed by atoms with Crippen LogP contribution < -0.4 is 11.1 Å². The molecule has 3 aromatic heterocycles. The molecule has 39 heavy (non-hydrogen) atoms. The number of nitrogens with zero attached hydrogens (tertiary/aromatic N) is 2. The molecule has 0 saturated heterocycles. The van der Waals surface area contributed by atoms with Crippen LogP contribution in [0.2, 0.25) is 0 Å². The Hall–Kier alpha value is -4.31. The molecule has 6 rings (SSSR count). The molecule has 0 aliphatic heterocycles. The topological polar surface area (TPSA) is 88.7 Å². The van der Waals surface area contributed by atoms with Crippen LogP contribution in [0.15, 0.2) is 111 Å². The molecule has 8 heteroatoms. The van der Waals surface area contributed by atoms with E-state index in [2.05, 4.69) is 32.8 Å². The van der Waals surface area contributed by atoms with Crippen LogP contribution in [0.1, 0.15) is 34.2 Å². The van der Waals surface area contributed by atoms with E-state index in [9.17, 15) is 9.59 Å². The lowest BCUT2D eigenvalue weighted by Gasteiger charge is -2.13. The summed E-state index contributed by atoms with van der Waals surface area (Å²) in [7, 11) is 0. The highest BCUT2D eigenvalue weighted by Gasteiger charge is 2.33. The Labute approximate surface area is 237 Å². The van der Waals surface area contributed by atoms with Crippen molar-refractivity contribution in [3.63, 3.8) is 0 Å². The fourth-order valence-electron chi connectivity index (χ4n) is 5.06. The zero-order chi connectivity index (χ0) is 27.1. The molecule has 0 aliphatic rings. The predicted octanol–water partition coefficient (Wildman–Crippen LogP) is 6.31. The van der Waals surface area contributed by atoms with Crippen LogP contribution in [0.5, 0.6) is 0 Å². The normalized spacial score (nSPS) is 11.4. The van der Waals surface area contributed by atoms with Crippen molar-refractivity contribution in [1.29, 1.82) is 0 Å². The minimum absolute atomic E-state index is 0.234. The average Bonchev–Trinajstić information content (AvgIpc) is 3.63. The van der Waals surface area contributed by atoms with Crippen LogP contribution in [0.4, 0.5) is 0 Å². The smallest absolute Gasteiger partial charge is 0.275 e. The molecule has 0 amide bonds. The van der Waals surface area contributed by atoms with E-state index >= 15 is 0 Å². The molecule has 3 heterocycles. The van der Waals surface area contributed by atoms with Gasteiger partial charge < -0.3 is 4.42 Å². The maximum atomic E-state index is 14.0. The van der Waals surface area contributed by atoms with Crippen molar-refractivity contribution in [2.24, 2.45) is 0 Å². The van der Waals surface area contributed by atoms with Crippen molar-refractivity contribution in [2.75, 3.05) is 0 Å². The fourth-order valence-corrected chi connectivity index (χ4v) is 5.71. The number of nitrogens with one attached hydrogen (secondary N) is 2. The van der Waals surface area contributed by atoms with Gasteiger partial charge in [-0.25, -0.2) is 9.36 Å². The minimum atomic E-state index is -0.734. The number of aryl methyl sites for hydroxylation is 2. The van der Waals surface area contributed by atoms with Crippen LogP contribution in [0, 0.1) is 17.4 Å². The van der Waals surface area contributed by atoms with Gasteiger partial charge in [0.1, 0.15) is 11.5 Å². The highest BCUT2D eigenvalue weighted by molar-refractivity contribution is 14.1. The molecule has 0 aliphatic carbocycles. The number of rotatable bonds is 6. The molecule has 0 bridgehead atoms. The molecule has 0 atom stereocenters. The third-order valence-corrected chi connectivity index (χ3v) is 7.83. The molecule has 0 saturated carbocycles. The third kappa shape index (κ3) is 4.40. The predicted molar refractivity (Wildman–Crippen MR) is 160 cm³/mol. The second kappa shape index (κ2) is 10.1. The van der Waals surface area contributed by atoms with Gasteiger partial charge in [0.2, 0.25) is 0 Å². The number of aromatic nitrogens is 4. The number of furan rings is 1. The zero-order valence-corrected chi connectivity index (χ0v) is 23.5. The molecule has 194 valence electrons. The van der Waals surface area contributed by atoms with Crippen LogP contribution in [-0.4, -0.2) is 19.6 Å². The first-order valence-corrected chi connectivity index (χ1v) is 13.6. The standard InChI is InChI=1S/C31H25IN4O3/c1-19-27(30(37)35(33-19)21-11-5-3-6-12-21)29(26-18-17-25(39-26)23-15-9-10-16-24(23)32)28-20(2)34-36(31(28)38)22-13-7-4-8-14-22/h3-18,29,33-34H,1-2H3. The van der Waals surface area contributed by atoms with Crippen LogP contribution in [0.25, 0.3) is 22.7 Å². The van der Waals surface area contributed by atoms with Gasteiger partial charge >= 0.3 is 0 Å². The molecule has 2 N–H and O–H groups in total. The van der Waals surface area contributed by atoms with Gasteiger partial charge in [0.15, 0.2) is 0 Å². The largest absolute Gasteiger partial charge is 0.460 e. The first kappa shape index (κ1) is 25.0. The van der Waals surface area contributed by atoms with Crippen molar-refractivity contribution in [3.05, 3.63) is 150 Å². The maximum absolute atomic E-state index is 14.0. The van der Waals surface area contributed by atoms with Crippen LogP contribution in [-0.2, 0) is 0 Å². The van der Waals surface area contributed by atoms with Gasteiger partial charge in [-0.15, -0.1) is 0 Å². The summed E-state index contributed by atoms with van der Waals surface area (Å²) in [6.45, 7) is 3.70. The number of hydrogen-bond acceptors (Lipinski definition) is 3. The van der Waals surface area contributed by atoms with E-state index < -0.39 is 5.92 Å². The molecular weight excluding hydrogens is 603 g/mol. The summed E-state index contributed by atoms with van der Waals surface area (Å²) >= 11 is 2.28. The third-order valence-electron chi connectivity index (χ3n) is 6.89. The van der Waals surface area contributed by atoms with Gasteiger partial charge in [-0.2, -0.15) is 0 Å². The van der Waals surface area contributed by atoms with Crippen molar-refractivity contribution in [1.82, 2.24) is 19.6 Å². The minimum Gasteiger partial charge on any atom is -0.460 e. The maximum Gasteiger partial charge on any atom is 0.275 e. The Morgan fingerprint density at radius 3 is 1.67 bits per heavy atom. The summed E-state index contributed by atoms with van der Waals surface area (Å²) in [6.07, 6.45) is 0. The Bertz CT molecular complexity index is 1790. The summed E-state index contributed by atoms with van der Waals surface area (Å²) < 4.78 is 10.5. The molecule has 3 aromatic carbocycles. The van der Waals surface area contributed by atoms with Crippen molar-refractivity contribution < 1.29 is 4.42 Å². The number of para-hydroxylation sites is 2. The highest BCUT2D eigenvalue weighted by Crippen LogP contribution is 2.36. The molecule has 0 radical (unpaired) electrons. The van der Waals surface area contributed by atoms with E-state index in [4.69, 9.17) is 4.42 Å². The van der Waals surface area contributed by atoms with Crippen molar-refractivity contribution in [3.8, 4) is 22.7 Å². The lowest BCUT2D eigenvalue weighted by Crippen LogP contribution is -2.25. The summed E-state index contributed by atoms with van der Waals surface area (Å²) in [5.41, 5.74) is 4.14. The Morgan fingerprint density at radius 2 is 1.15 bits per heavy atom. The summed E-state index contributed by atoms with van der Waals surface area (Å²) in [5, 5.41) is 6.43. The second-order valence-electron chi connectivity index (χ2n) is 9.37. The summed E-state index contributed by atoms with van der Waals surface area (Å²) in [5.74, 6) is 0.458. The molecule has 0 fully saturated rings. The monoisotopic (exact) mass is 628 g/mol. The Kier molecular flexibility index (Phi) is 6.48.